The van der Waals surface area contributed by atoms with Gasteiger partial charge in [0, 0.05) is 24.2 Å². The quantitative estimate of drug-likeness (QED) is 0.712. The minimum absolute atomic E-state index is 0.297. The molecular formula is C22H21N3O3. The van der Waals surface area contributed by atoms with Crippen molar-refractivity contribution >= 4 is 11.9 Å². The van der Waals surface area contributed by atoms with E-state index in [1.165, 1.54) is 0 Å². The molecule has 0 saturated carbocycles. The first kappa shape index (κ1) is 18.0. The van der Waals surface area contributed by atoms with Crippen LogP contribution in [0.3, 0.4) is 0 Å². The fourth-order valence-corrected chi connectivity index (χ4v) is 3.52. The first-order chi connectivity index (χ1) is 13.5. The van der Waals surface area contributed by atoms with Crippen LogP contribution in [0.1, 0.15) is 32.9 Å². The Morgan fingerprint density at radius 1 is 1.14 bits per heavy atom. The molecule has 1 amide bonds. The van der Waals surface area contributed by atoms with Crippen molar-refractivity contribution in [2.45, 2.75) is 32.9 Å². The van der Waals surface area contributed by atoms with Gasteiger partial charge in [-0.1, -0.05) is 36.4 Å². The SMILES string of the molecule is Cc1nn(-c2ccccc2)c(C)c1CNC(=O)C1Cc2ccccc2C(=O)O1. The van der Waals surface area contributed by atoms with Crippen molar-refractivity contribution in [1.82, 2.24) is 15.1 Å². The molecular weight excluding hydrogens is 354 g/mol. The molecule has 28 heavy (non-hydrogen) atoms. The summed E-state index contributed by atoms with van der Waals surface area (Å²) in [6, 6.07) is 17.1. The zero-order chi connectivity index (χ0) is 19.7. The highest BCUT2D eigenvalue weighted by molar-refractivity contribution is 5.95. The predicted molar refractivity (Wildman–Crippen MR) is 104 cm³/mol. The third kappa shape index (κ3) is 3.29. The van der Waals surface area contributed by atoms with Crippen molar-refractivity contribution in [2.24, 2.45) is 0 Å². The minimum atomic E-state index is -0.813. The summed E-state index contributed by atoms with van der Waals surface area (Å²) in [5, 5.41) is 7.49. The maximum absolute atomic E-state index is 12.6. The summed E-state index contributed by atoms with van der Waals surface area (Å²) in [6.07, 6.45) is -0.429. The van der Waals surface area contributed by atoms with E-state index in [9.17, 15) is 9.59 Å². The number of nitrogens with zero attached hydrogens (tertiary/aromatic N) is 2. The number of esters is 1. The van der Waals surface area contributed by atoms with Crippen LogP contribution in [0.4, 0.5) is 0 Å². The van der Waals surface area contributed by atoms with E-state index < -0.39 is 12.1 Å². The fourth-order valence-electron chi connectivity index (χ4n) is 3.52. The summed E-state index contributed by atoms with van der Waals surface area (Å²) >= 11 is 0. The third-order valence-electron chi connectivity index (χ3n) is 5.07. The van der Waals surface area contributed by atoms with E-state index in [0.717, 1.165) is 28.2 Å². The largest absolute Gasteiger partial charge is 0.448 e. The lowest BCUT2D eigenvalue weighted by molar-refractivity contribution is -0.130. The Bertz CT molecular complexity index is 1040. The molecule has 0 saturated heterocycles. The van der Waals surface area contributed by atoms with Gasteiger partial charge >= 0.3 is 5.97 Å². The number of cyclic esters (lactones) is 1. The van der Waals surface area contributed by atoms with E-state index in [-0.39, 0.29) is 5.91 Å². The highest BCUT2D eigenvalue weighted by Gasteiger charge is 2.31. The summed E-state index contributed by atoms with van der Waals surface area (Å²) in [5.41, 5.74) is 5.12. The molecule has 1 atom stereocenters. The molecule has 142 valence electrons. The van der Waals surface area contributed by atoms with Crippen molar-refractivity contribution in [1.29, 1.82) is 0 Å². The first-order valence-corrected chi connectivity index (χ1v) is 9.21. The van der Waals surface area contributed by atoms with Crippen molar-refractivity contribution in [3.63, 3.8) is 0 Å². The third-order valence-corrected chi connectivity index (χ3v) is 5.07. The second-order valence-electron chi connectivity index (χ2n) is 6.87. The molecule has 6 heteroatoms. The van der Waals surface area contributed by atoms with Crippen molar-refractivity contribution in [3.8, 4) is 5.69 Å². The van der Waals surface area contributed by atoms with Crippen LogP contribution in [-0.2, 0) is 22.5 Å². The van der Waals surface area contributed by atoms with Crippen LogP contribution in [0.5, 0.6) is 0 Å². The normalized spacial score (nSPS) is 15.6. The Morgan fingerprint density at radius 2 is 1.86 bits per heavy atom. The Morgan fingerprint density at radius 3 is 2.64 bits per heavy atom. The minimum Gasteiger partial charge on any atom is -0.448 e. The zero-order valence-corrected chi connectivity index (χ0v) is 15.8. The van der Waals surface area contributed by atoms with Gasteiger partial charge in [0.1, 0.15) is 0 Å². The van der Waals surface area contributed by atoms with Gasteiger partial charge in [-0.3, -0.25) is 4.79 Å². The van der Waals surface area contributed by atoms with E-state index in [4.69, 9.17) is 4.74 Å². The van der Waals surface area contributed by atoms with Crippen LogP contribution in [-0.4, -0.2) is 27.8 Å². The molecule has 2 aromatic carbocycles. The number of carbonyl (C=O) groups is 2. The lowest BCUT2D eigenvalue weighted by Gasteiger charge is -2.23. The highest BCUT2D eigenvalue weighted by atomic mass is 16.5. The van der Waals surface area contributed by atoms with E-state index in [0.29, 0.717) is 18.5 Å². The van der Waals surface area contributed by atoms with Crippen LogP contribution < -0.4 is 5.32 Å². The number of benzene rings is 2. The number of rotatable bonds is 4. The molecule has 0 fully saturated rings. The molecule has 6 nitrogen and oxygen atoms in total. The van der Waals surface area contributed by atoms with E-state index in [1.807, 2.05) is 61.0 Å². The second kappa shape index (κ2) is 7.31. The summed E-state index contributed by atoms with van der Waals surface area (Å²) in [4.78, 5) is 24.7. The number of hydrogen-bond donors (Lipinski definition) is 1. The van der Waals surface area contributed by atoms with Gasteiger partial charge in [-0.25, -0.2) is 9.48 Å². The average molecular weight is 375 g/mol. The summed E-state index contributed by atoms with van der Waals surface area (Å²) in [5.74, 6) is -0.750. The van der Waals surface area contributed by atoms with Crippen LogP contribution in [0.25, 0.3) is 5.69 Å². The molecule has 1 aliphatic rings. The number of fused-ring (bicyclic) bond motifs is 1. The molecule has 1 unspecified atom stereocenters. The first-order valence-electron chi connectivity index (χ1n) is 9.21. The van der Waals surface area contributed by atoms with Crippen LogP contribution >= 0.6 is 0 Å². The van der Waals surface area contributed by atoms with Gasteiger partial charge in [0.05, 0.1) is 16.9 Å². The average Bonchev–Trinajstić information content (AvgIpc) is 3.00. The fraction of sp³-hybridized carbons (Fsp3) is 0.227. The highest BCUT2D eigenvalue weighted by Crippen LogP contribution is 2.21. The van der Waals surface area contributed by atoms with Gasteiger partial charge in [0.25, 0.3) is 5.91 Å². The molecule has 1 N–H and O–H groups in total. The molecule has 0 spiro atoms. The number of aryl methyl sites for hydroxylation is 1. The number of para-hydroxylation sites is 1. The summed E-state index contributed by atoms with van der Waals surface area (Å²) < 4.78 is 7.19. The van der Waals surface area contributed by atoms with Gasteiger partial charge in [-0.05, 0) is 37.6 Å². The van der Waals surface area contributed by atoms with Gasteiger partial charge in [0.15, 0.2) is 6.10 Å². The molecule has 0 aliphatic carbocycles. The topological polar surface area (TPSA) is 73.2 Å². The zero-order valence-electron chi connectivity index (χ0n) is 15.8. The molecule has 0 bridgehead atoms. The number of nitrogens with one attached hydrogen (secondary N) is 1. The Balaban J connectivity index is 1.48. The van der Waals surface area contributed by atoms with Gasteiger partial charge in [0.2, 0.25) is 0 Å². The van der Waals surface area contributed by atoms with E-state index in [2.05, 4.69) is 10.4 Å². The van der Waals surface area contributed by atoms with Crippen molar-refractivity contribution < 1.29 is 14.3 Å². The molecule has 1 aliphatic heterocycles. The Hall–Kier alpha value is -3.41. The van der Waals surface area contributed by atoms with Gasteiger partial charge in [-0.2, -0.15) is 5.10 Å². The standard InChI is InChI=1S/C22H21N3O3/c1-14-19(15(2)25(24-14)17-9-4-3-5-10-17)13-23-21(26)20-12-16-8-6-7-11-18(16)22(27)28-20/h3-11,20H,12-13H2,1-2H3,(H,23,26). The van der Waals surface area contributed by atoms with Gasteiger partial charge < -0.3 is 10.1 Å². The summed E-state index contributed by atoms with van der Waals surface area (Å²) in [6.45, 7) is 4.23. The molecule has 4 rings (SSSR count). The lowest BCUT2D eigenvalue weighted by Crippen LogP contribution is -2.41. The maximum atomic E-state index is 12.6. The number of carbonyl (C=O) groups excluding carboxylic acids is 2. The number of aromatic nitrogens is 2. The second-order valence-corrected chi connectivity index (χ2v) is 6.87. The van der Waals surface area contributed by atoms with Crippen molar-refractivity contribution in [2.75, 3.05) is 0 Å². The van der Waals surface area contributed by atoms with E-state index in [1.54, 1.807) is 12.1 Å². The number of ether oxygens (including phenoxy) is 1. The number of amides is 1. The summed E-state index contributed by atoms with van der Waals surface area (Å²) in [7, 11) is 0. The predicted octanol–water partition coefficient (Wildman–Crippen LogP) is 2.89. The maximum Gasteiger partial charge on any atom is 0.339 e. The van der Waals surface area contributed by atoms with Crippen LogP contribution in [0, 0.1) is 13.8 Å². The monoisotopic (exact) mass is 375 g/mol. The van der Waals surface area contributed by atoms with Crippen molar-refractivity contribution in [3.05, 3.63) is 82.7 Å². The molecule has 3 aromatic rings. The lowest BCUT2D eigenvalue weighted by atomic mass is 9.98. The molecule has 1 aromatic heterocycles. The van der Waals surface area contributed by atoms with Crippen LogP contribution in [0.15, 0.2) is 54.6 Å². The van der Waals surface area contributed by atoms with E-state index >= 15 is 0 Å². The molecule has 2 heterocycles. The Kier molecular flexibility index (Phi) is 4.69. The van der Waals surface area contributed by atoms with Crippen LogP contribution in [0.2, 0.25) is 0 Å². The van der Waals surface area contributed by atoms with Gasteiger partial charge in [-0.15, -0.1) is 0 Å². The smallest absolute Gasteiger partial charge is 0.339 e. The molecule has 0 radical (unpaired) electrons. The number of hydrogen-bond acceptors (Lipinski definition) is 4. The Labute approximate surface area is 163 Å².